The van der Waals surface area contributed by atoms with Gasteiger partial charge in [-0.3, -0.25) is 4.79 Å². The summed E-state index contributed by atoms with van der Waals surface area (Å²) < 4.78 is 5.56. The van der Waals surface area contributed by atoms with Gasteiger partial charge in [-0.25, -0.2) is 0 Å². The SMILES string of the molecule is CNCC(=O)N(C)C1CC(C)(OC)C1(C)C. The zero-order valence-corrected chi connectivity index (χ0v) is 11.3. The van der Waals surface area contributed by atoms with E-state index in [0.717, 1.165) is 6.42 Å². The van der Waals surface area contributed by atoms with Gasteiger partial charge in [0, 0.05) is 25.6 Å². The first-order chi connectivity index (χ1) is 7.30. The van der Waals surface area contributed by atoms with E-state index < -0.39 is 0 Å². The van der Waals surface area contributed by atoms with E-state index in [-0.39, 0.29) is 23.0 Å². The quantitative estimate of drug-likeness (QED) is 0.776. The molecule has 1 saturated carbocycles. The molecule has 2 unspecified atom stereocenters. The van der Waals surface area contributed by atoms with Crippen molar-refractivity contribution >= 4 is 5.91 Å². The molecule has 2 atom stereocenters. The summed E-state index contributed by atoms with van der Waals surface area (Å²) in [5, 5.41) is 2.89. The number of ether oxygens (including phenoxy) is 1. The van der Waals surface area contributed by atoms with Crippen LogP contribution in [0.3, 0.4) is 0 Å². The second-order valence-corrected chi connectivity index (χ2v) is 5.41. The van der Waals surface area contributed by atoms with Crippen LogP contribution in [0.5, 0.6) is 0 Å². The highest BCUT2D eigenvalue weighted by atomic mass is 16.5. The Balaban J connectivity index is 2.69. The topological polar surface area (TPSA) is 41.6 Å². The van der Waals surface area contributed by atoms with E-state index in [0.29, 0.717) is 6.54 Å². The summed E-state index contributed by atoms with van der Waals surface area (Å²) in [7, 11) is 5.41. The van der Waals surface area contributed by atoms with Crippen molar-refractivity contribution in [2.45, 2.75) is 38.8 Å². The smallest absolute Gasteiger partial charge is 0.236 e. The third-order valence-corrected chi connectivity index (χ3v) is 4.42. The standard InChI is InChI=1S/C12H24N2O2/c1-11(2)9(7-12(11,3)16-6)14(5)10(15)8-13-4/h9,13H,7-8H2,1-6H3. The van der Waals surface area contributed by atoms with Gasteiger partial charge in [-0.05, 0) is 20.4 Å². The molecule has 0 saturated heterocycles. The fourth-order valence-electron chi connectivity index (χ4n) is 2.53. The lowest BCUT2D eigenvalue weighted by molar-refractivity contribution is -0.206. The number of nitrogens with one attached hydrogen (secondary N) is 1. The number of nitrogens with zero attached hydrogens (tertiary/aromatic N) is 1. The Hall–Kier alpha value is -0.610. The van der Waals surface area contributed by atoms with E-state index in [9.17, 15) is 4.79 Å². The highest BCUT2D eigenvalue weighted by Crippen LogP contribution is 2.53. The first kappa shape index (κ1) is 13.5. The maximum atomic E-state index is 11.8. The summed E-state index contributed by atoms with van der Waals surface area (Å²) in [4.78, 5) is 13.6. The number of rotatable bonds is 4. The molecule has 0 aromatic heterocycles. The van der Waals surface area contributed by atoms with Gasteiger partial charge in [-0.15, -0.1) is 0 Å². The number of hydrogen-bond acceptors (Lipinski definition) is 3. The maximum absolute atomic E-state index is 11.8. The fraction of sp³-hybridized carbons (Fsp3) is 0.917. The van der Waals surface area contributed by atoms with Crippen LogP contribution in [-0.2, 0) is 9.53 Å². The lowest BCUT2D eigenvalue weighted by atomic mass is 9.55. The minimum atomic E-state index is -0.119. The van der Waals surface area contributed by atoms with Gasteiger partial charge in [0.05, 0.1) is 12.1 Å². The minimum Gasteiger partial charge on any atom is -0.378 e. The molecule has 0 spiro atoms. The highest BCUT2D eigenvalue weighted by molar-refractivity contribution is 5.78. The summed E-state index contributed by atoms with van der Waals surface area (Å²) in [5.74, 6) is 0.138. The molecule has 0 radical (unpaired) electrons. The van der Waals surface area contributed by atoms with E-state index in [1.807, 2.05) is 11.9 Å². The molecule has 0 aliphatic heterocycles. The molecule has 16 heavy (non-hydrogen) atoms. The Morgan fingerprint density at radius 3 is 2.44 bits per heavy atom. The Morgan fingerprint density at radius 2 is 2.06 bits per heavy atom. The van der Waals surface area contributed by atoms with E-state index in [1.54, 1.807) is 14.2 Å². The maximum Gasteiger partial charge on any atom is 0.236 e. The average molecular weight is 228 g/mol. The fourth-order valence-corrected chi connectivity index (χ4v) is 2.53. The van der Waals surface area contributed by atoms with Gasteiger partial charge in [-0.1, -0.05) is 13.8 Å². The van der Waals surface area contributed by atoms with Crippen LogP contribution in [0.15, 0.2) is 0 Å². The van der Waals surface area contributed by atoms with Crippen LogP contribution in [0.2, 0.25) is 0 Å². The van der Waals surface area contributed by atoms with Crippen LogP contribution in [0.4, 0.5) is 0 Å². The molecule has 0 aromatic carbocycles. The molecule has 1 aliphatic rings. The van der Waals surface area contributed by atoms with E-state index >= 15 is 0 Å². The summed E-state index contributed by atoms with van der Waals surface area (Å²) in [5.41, 5.74) is -0.119. The second kappa shape index (κ2) is 4.34. The molecular weight excluding hydrogens is 204 g/mol. The molecule has 94 valence electrons. The molecule has 1 N–H and O–H groups in total. The second-order valence-electron chi connectivity index (χ2n) is 5.41. The van der Waals surface area contributed by atoms with Gasteiger partial charge >= 0.3 is 0 Å². The molecule has 1 amide bonds. The third-order valence-electron chi connectivity index (χ3n) is 4.42. The van der Waals surface area contributed by atoms with Crippen molar-refractivity contribution in [1.82, 2.24) is 10.2 Å². The van der Waals surface area contributed by atoms with Crippen molar-refractivity contribution < 1.29 is 9.53 Å². The molecule has 4 heteroatoms. The van der Waals surface area contributed by atoms with Gasteiger partial charge in [0.25, 0.3) is 0 Å². The van der Waals surface area contributed by atoms with Gasteiger partial charge in [0.1, 0.15) is 0 Å². The number of likely N-dealkylation sites (N-methyl/N-ethyl adjacent to an activating group) is 2. The predicted molar refractivity (Wildman–Crippen MR) is 64.3 cm³/mol. The van der Waals surface area contributed by atoms with Crippen LogP contribution in [0.1, 0.15) is 27.2 Å². The van der Waals surface area contributed by atoms with Crippen LogP contribution in [-0.4, -0.2) is 50.2 Å². The number of amides is 1. The van der Waals surface area contributed by atoms with Crippen LogP contribution < -0.4 is 5.32 Å². The van der Waals surface area contributed by atoms with E-state index in [1.165, 1.54) is 0 Å². The Labute approximate surface area is 98.3 Å². The Kier molecular flexibility index (Phi) is 3.65. The van der Waals surface area contributed by atoms with Crippen LogP contribution in [0, 0.1) is 5.41 Å². The van der Waals surface area contributed by atoms with Crippen molar-refractivity contribution in [3.8, 4) is 0 Å². The normalized spacial score (nSPS) is 32.0. The molecule has 1 aliphatic carbocycles. The lowest BCUT2D eigenvalue weighted by Gasteiger charge is -2.61. The summed E-state index contributed by atoms with van der Waals surface area (Å²) >= 11 is 0. The molecular formula is C12H24N2O2. The van der Waals surface area contributed by atoms with E-state index in [2.05, 4.69) is 26.1 Å². The number of methoxy groups -OCH3 is 1. The highest BCUT2D eigenvalue weighted by Gasteiger charge is 2.59. The molecule has 0 bridgehead atoms. The summed E-state index contributed by atoms with van der Waals surface area (Å²) in [6.45, 7) is 6.83. The lowest BCUT2D eigenvalue weighted by Crippen LogP contribution is -2.69. The van der Waals surface area contributed by atoms with Gasteiger partial charge in [0.2, 0.25) is 5.91 Å². The Morgan fingerprint density at radius 1 is 1.50 bits per heavy atom. The third kappa shape index (κ3) is 1.84. The average Bonchev–Trinajstić information content (AvgIpc) is 2.24. The molecule has 1 fully saturated rings. The van der Waals surface area contributed by atoms with Crippen LogP contribution >= 0.6 is 0 Å². The van der Waals surface area contributed by atoms with Crippen molar-refractivity contribution in [3.05, 3.63) is 0 Å². The van der Waals surface area contributed by atoms with Crippen molar-refractivity contribution in [1.29, 1.82) is 0 Å². The predicted octanol–water partition coefficient (Wildman–Crippen LogP) is 0.868. The van der Waals surface area contributed by atoms with Gasteiger partial charge in [0.15, 0.2) is 0 Å². The summed E-state index contributed by atoms with van der Waals surface area (Å²) in [6.07, 6.45) is 0.905. The Bertz CT molecular complexity index is 278. The van der Waals surface area contributed by atoms with Gasteiger partial charge in [-0.2, -0.15) is 0 Å². The van der Waals surface area contributed by atoms with Crippen molar-refractivity contribution in [2.75, 3.05) is 27.7 Å². The van der Waals surface area contributed by atoms with Crippen molar-refractivity contribution in [3.63, 3.8) is 0 Å². The largest absolute Gasteiger partial charge is 0.378 e. The van der Waals surface area contributed by atoms with E-state index in [4.69, 9.17) is 4.74 Å². The zero-order chi connectivity index (χ0) is 12.6. The van der Waals surface area contributed by atoms with Crippen LogP contribution in [0.25, 0.3) is 0 Å². The number of hydrogen-bond donors (Lipinski definition) is 1. The van der Waals surface area contributed by atoms with Crippen molar-refractivity contribution in [2.24, 2.45) is 5.41 Å². The minimum absolute atomic E-state index is 0.0000978. The first-order valence-electron chi connectivity index (χ1n) is 5.75. The first-order valence-corrected chi connectivity index (χ1v) is 5.75. The monoisotopic (exact) mass is 228 g/mol. The molecule has 4 nitrogen and oxygen atoms in total. The summed E-state index contributed by atoms with van der Waals surface area (Å²) in [6, 6.07) is 0.262. The molecule has 1 rings (SSSR count). The molecule has 0 heterocycles. The zero-order valence-electron chi connectivity index (χ0n) is 11.3. The number of carbonyl (C=O) groups excluding carboxylic acids is 1. The van der Waals surface area contributed by atoms with Gasteiger partial charge < -0.3 is 15.0 Å². The number of carbonyl (C=O) groups is 1. The molecule has 0 aromatic rings.